The molecule has 1 aromatic rings. The van der Waals surface area contributed by atoms with Crippen molar-refractivity contribution in [3.05, 3.63) is 29.3 Å². The Hall–Kier alpha value is -1.06. The molecule has 2 aliphatic rings. The summed E-state index contributed by atoms with van der Waals surface area (Å²) in [5.41, 5.74) is 9.09. The van der Waals surface area contributed by atoms with Crippen LogP contribution in [0.4, 0.5) is 0 Å². The van der Waals surface area contributed by atoms with Gasteiger partial charge in [-0.1, -0.05) is 12.1 Å². The highest BCUT2D eigenvalue weighted by atomic mass is 16.5. The zero-order valence-electron chi connectivity index (χ0n) is 11.3. The number of ether oxygens (including phenoxy) is 1. The third-order valence-electron chi connectivity index (χ3n) is 4.14. The Kier molecular flexibility index (Phi) is 2.83. The first-order valence-corrected chi connectivity index (χ1v) is 6.81. The molecule has 3 nitrogen and oxygen atoms in total. The summed E-state index contributed by atoms with van der Waals surface area (Å²) in [5, 5.41) is 0. The van der Waals surface area contributed by atoms with Crippen molar-refractivity contribution in [3.8, 4) is 5.75 Å². The first-order chi connectivity index (χ1) is 8.60. The van der Waals surface area contributed by atoms with Gasteiger partial charge in [0.2, 0.25) is 0 Å². The third kappa shape index (κ3) is 2.02. The van der Waals surface area contributed by atoms with Gasteiger partial charge in [-0.3, -0.25) is 0 Å². The predicted octanol–water partition coefficient (Wildman–Crippen LogP) is 2.11. The molecule has 3 heteroatoms. The molecule has 18 heavy (non-hydrogen) atoms. The zero-order chi connectivity index (χ0) is 12.8. The van der Waals surface area contributed by atoms with E-state index >= 15 is 0 Å². The highest BCUT2D eigenvalue weighted by molar-refractivity contribution is 5.41. The van der Waals surface area contributed by atoms with Crippen molar-refractivity contribution < 1.29 is 4.74 Å². The molecule has 1 aliphatic heterocycles. The molecule has 3 rings (SSSR count). The van der Waals surface area contributed by atoms with E-state index < -0.39 is 0 Å². The summed E-state index contributed by atoms with van der Waals surface area (Å²) in [6.45, 7) is 0.851. The van der Waals surface area contributed by atoms with Crippen LogP contribution in [-0.4, -0.2) is 31.1 Å². The molecule has 1 unspecified atom stereocenters. The van der Waals surface area contributed by atoms with Crippen LogP contribution in [0.25, 0.3) is 0 Å². The predicted molar refractivity (Wildman–Crippen MR) is 72.8 cm³/mol. The maximum atomic E-state index is 6.43. The van der Waals surface area contributed by atoms with Gasteiger partial charge in [0.25, 0.3) is 0 Å². The monoisotopic (exact) mass is 246 g/mol. The maximum Gasteiger partial charge on any atom is 0.122 e. The van der Waals surface area contributed by atoms with Gasteiger partial charge in [0, 0.05) is 5.54 Å². The maximum absolute atomic E-state index is 6.43. The number of benzene rings is 1. The van der Waals surface area contributed by atoms with Crippen LogP contribution in [0.2, 0.25) is 0 Å². The van der Waals surface area contributed by atoms with E-state index in [-0.39, 0.29) is 5.54 Å². The molecular weight excluding hydrogens is 224 g/mol. The van der Waals surface area contributed by atoms with Crippen LogP contribution in [0.3, 0.4) is 0 Å². The largest absolute Gasteiger partial charge is 0.493 e. The normalized spacial score (nSPS) is 22.2. The number of nitrogens with zero attached hydrogens (tertiary/aromatic N) is 1. The molecule has 0 spiro atoms. The smallest absolute Gasteiger partial charge is 0.122 e. The minimum absolute atomic E-state index is 0.0206. The third-order valence-corrected chi connectivity index (χ3v) is 4.14. The second-order valence-electron chi connectivity index (χ2n) is 5.92. The van der Waals surface area contributed by atoms with Crippen molar-refractivity contribution in [2.45, 2.75) is 37.3 Å². The first-order valence-electron chi connectivity index (χ1n) is 6.81. The van der Waals surface area contributed by atoms with Gasteiger partial charge in [-0.25, -0.2) is 0 Å². The van der Waals surface area contributed by atoms with E-state index in [4.69, 9.17) is 10.5 Å². The van der Waals surface area contributed by atoms with Gasteiger partial charge < -0.3 is 15.4 Å². The van der Waals surface area contributed by atoms with Crippen LogP contribution in [-0.2, 0) is 6.42 Å². The Balaban J connectivity index is 1.95. The van der Waals surface area contributed by atoms with E-state index in [1.165, 1.54) is 11.1 Å². The Morgan fingerprint density at radius 3 is 2.78 bits per heavy atom. The summed E-state index contributed by atoms with van der Waals surface area (Å²) in [7, 11) is 4.24. The van der Waals surface area contributed by atoms with Crippen molar-refractivity contribution in [2.75, 3.05) is 20.7 Å². The van der Waals surface area contributed by atoms with Crippen LogP contribution in [0.15, 0.2) is 18.2 Å². The van der Waals surface area contributed by atoms with Gasteiger partial charge in [-0.05, 0) is 57.0 Å². The molecule has 0 amide bonds. The second kappa shape index (κ2) is 4.25. The van der Waals surface area contributed by atoms with E-state index in [0.29, 0.717) is 6.04 Å². The van der Waals surface area contributed by atoms with E-state index in [1.807, 2.05) is 0 Å². The molecule has 1 aromatic carbocycles. The number of hydrogen-bond acceptors (Lipinski definition) is 3. The van der Waals surface area contributed by atoms with Gasteiger partial charge in [0.15, 0.2) is 0 Å². The molecule has 98 valence electrons. The minimum Gasteiger partial charge on any atom is -0.493 e. The fraction of sp³-hybridized carbons (Fsp3) is 0.600. The summed E-state index contributed by atoms with van der Waals surface area (Å²) < 4.78 is 5.68. The van der Waals surface area contributed by atoms with Crippen molar-refractivity contribution >= 4 is 0 Å². The lowest BCUT2D eigenvalue weighted by Gasteiger charge is -2.31. The Morgan fingerprint density at radius 1 is 1.33 bits per heavy atom. The van der Waals surface area contributed by atoms with Gasteiger partial charge in [-0.2, -0.15) is 0 Å². The summed E-state index contributed by atoms with van der Waals surface area (Å²) in [4.78, 5) is 2.25. The second-order valence-corrected chi connectivity index (χ2v) is 5.92. The average Bonchev–Trinajstić information content (AvgIpc) is 3.07. The summed E-state index contributed by atoms with van der Waals surface area (Å²) >= 11 is 0. The summed E-state index contributed by atoms with van der Waals surface area (Å²) in [6.07, 6.45) is 4.50. The van der Waals surface area contributed by atoms with Crippen LogP contribution < -0.4 is 10.5 Å². The van der Waals surface area contributed by atoms with E-state index in [0.717, 1.165) is 38.0 Å². The van der Waals surface area contributed by atoms with Crippen molar-refractivity contribution in [1.29, 1.82) is 0 Å². The number of likely N-dealkylation sites (N-methyl/N-ethyl adjacent to an activating group) is 1. The molecule has 1 fully saturated rings. The Bertz CT molecular complexity index is 452. The van der Waals surface area contributed by atoms with E-state index in [9.17, 15) is 0 Å². The van der Waals surface area contributed by atoms with Crippen LogP contribution in [0, 0.1) is 0 Å². The highest BCUT2D eigenvalue weighted by Gasteiger charge is 2.47. The Labute approximate surface area is 109 Å². The van der Waals surface area contributed by atoms with Gasteiger partial charge >= 0.3 is 0 Å². The molecule has 2 N–H and O–H groups in total. The standard InChI is InChI=1S/C15H22N2O/c1-17(2)14(15(16)7-8-15)12-5-6-13-11(10-12)4-3-9-18-13/h5-6,10,14H,3-4,7-9,16H2,1-2H3. The van der Waals surface area contributed by atoms with Crippen molar-refractivity contribution in [2.24, 2.45) is 5.73 Å². The fourth-order valence-corrected chi connectivity index (χ4v) is 3.11. The van der Waals surface area contributed by atoms with Crippen molar-refractivity contribution in [1.82, 2.24) is 4.90 Å². The molecule has 1 atom stereocenters. The molecule has 0 saturated heterocycles. The minimum atomic E-state index is -0.0206. The lowest BCUT2D eigenvalue weighted by molar-refractivity contribution is 0.244. The number of aryl methyl sites for hydroxylation is 1. The first kappa shape index (κ1) is 12.0. The van der Waals surface area contributed by atoms with Crippen molar-refractivity contribution in [3.63, 3.8) is 0 Å². The highest BCUT2D eigenvalue weighted by Crippen LogP contribution is 2.46. The van der Waals surface area contributed by atoms with Crippen LogP contribution >= 0.6 is 0 Å². The fourth-order valence-electron chi connectivity index (χ4n) is 3.11. The molecule has 0 bridgehead atoms. The molecule has 0 radical (unpaired) electrons. The summed E-state index contributed by atoms with van der Waals surface area (Å²) in [6, 6.07) is 6.92. The molecule has 1 heterocycles. The van der Waals surface area contributed by atoms with Crippen LogP contribution in [0.1, 0.15) is 36.4 Å². The van der Waals surface area contributed by atoms with Gasteiger partial charge in [-0.15, -0.1) is 0 Å². The van der Waals surface area contributed by atoms with Gasteiger partial charge in [0.05, 0.1) is 12.6 Å². The lowest BCUT2D eigenvalue weighted by atomic mass is 9.93. The SMILES string of the molecule is CN(C)C(c1ccc2c(c1)CCCO2)C1(N)CC1. The number of hydrogen-bond donors (Lipinski definition) is 1. The Morgan fingerprint density at radius 2 is 2.11 bits per heavy atom. The molecular formula is C15H22N2O. The molecule has 0 aromatic heterocycles. The molecule has 1 aliphatic carbocycles. The number of nitrogens with two attached hydrogens (primary N) is 1. The van der Waals surface area contributed by atoms with Gasteiger partial charge in [0.1, 0.15) is 5.75 Å². The quantitative estimate of drug-likeness (QED) is 0.887. The summed E-state index contributed by atoms with van der Waals surface area (Å²) in [5.74, 6) is 1.06. The lowest BCUT2D eigenvalue weighted by Crippen LogP contribution is -2.39. The van der Waals surface area contributed by atoms with E-state index in [1.54, 1.807) is 0 Å². The topological polar surface area (TPSA) is 38.5 Å². The zero-order valence-corrected chi connectivity index (χ0v) is 11.3. The number of fused-ring (bicyclic) bond motifs is 1. The molecule has 1 saturated carbocycles. The van der Waals surface area contributed by atoms with Crippen LogP contribution in [0.5, 0.6) is 5.75 Å². The average molecular weight is 246 g/mol. The number of rotatable bonds is 3. The van der Waals surface area contributed by atoms with E-state index in [2.05, 4.69) is 37.2 Å².